The van der Waals surface area contributed by atoms with Gasteiger partial charge in [-0.15, -0.1) is 0 Å². The van der Waals surface area contributed by atoms with Gasteiger partial charge in [-0.3, -0.25) is 0 Å². The van der Waals surface area contributed by atoms with Gasteiger partial charge >= 0.3 is 0 Å². The largest absolute Gasteiger partial charge is 0.490 e. The summed E-state index contributed by atoms with van der Waals surface area (Å²) < 4.78 is 29.4. The van der Waals surface area contributed by atoms with Gasteiger partial charge < -0.3 is 23.4 Å². The molecule has 0 amide bonds. The van der Waals surface area contributed by atoms with Crippen LogP contribution in [0.3, 0.4) is 0 Å². The fourth-order valence-electron chi connectivity index (χ4n) is 2.84. The highest BCUT2D eigenvalue weighted by molar-refractivity contribution is 6.74. The number of rotatable bonds is 11. The van der Waals surface area contributed by atoms with Crippen molar-refractivity contribution in [3.63, 3.8) is 0 Å². The lowest BCUT2D eigenvalue weighted by atomic mass is 9.95. The molecule has 0 bridgehead atoms. The smallest absolute Gasteiger partial charge is 0.191 e. The van der Waals surface area contributed by atoms with E-state index in [4.69, 9.17) is 23.4 Å². The van der Waals surface area contributed by atoms with Crippen LogP contribution in [0.2, 0.25) is 18.1 Å². The zero-order valence-electron chi connectivity index (χ0n) is 18.2. The molecule has 0 saturated heterocycles. The summed E-state index contributed by atoms with van der Waals surface area (Å²) >= 11 is 0. The van der Waals surface area contributed by atoms with Crippen LogP contribution in [0.1, 0.15) is 32.8 Å². The molecule has 2 atom stereocenters. The lowest BCUT2D eigenvalue weighted by Gasteiger charge is -2.38. The lowest BCUT2D eigenvalue weighted by molar-refractivity contribution is -0.149. The maximum atomic E-state index is 6.39. The summed E-state index contributed by atoms with van der Waals surface area (Å²) in [6, 6.07) is 10.2. The molecule has 0 aliphatic carbocycles. The van der Waals surface area contributed by atoms with Crippen molar-refractivity contribution in [2.24, 2.45) is 0 Å². The highest BCUT2D eigenvalue weighted by atomic mass is 28.4. The minimum atomic E-state index is -1.82. The zero-order valence-corrected chi connectivity index (χ0v) is 19.2. The van der Waals surface area contributed by atoms with Crippen LogP contribution in [0.15, 0.2) is 42.7 Å². The highest BCUT2D eigenvalue weighted by Crippen LogP contribution is 2.38. The number of benzene rings is 1. The molecule has 0 N–H and O–H groups in total. The fourth-order valence-corrected chi connectivity index (χ4v) is 3.88. The van der Waals surface area contributed by atoms with Gasteiger partial charge in [0.15, 0.2) is 13.9 Å². The Kier molecular flexibility index (Phi) is 8.27. The molecule has 0 spiro atoms. The van der Waals surface area contributed by atoms with Gasteiger partial charge in [0.05, 0.1) is 19.5 Å². The Morgan fingerprint density at radius 1 is 1.14 bits per heavy atom. The first-order valence-electron chi connectivity index (χ1n) is 9.91. The molecule has 28 heavy (non-hydrogen) atoms. The van der Waals surface area contributed by atoms with Crippen LogP contribution >= 0.6 is 0 Å². The van der Waals surface area contributed by atoms with E-state index in [1.54, 1.807) is 13.4 Å². The van der Waals surface area contributed by atoms with E-state index in [-0.39, 0.29) is 17.9 Å². The van der Waals surface area contributed by atoms with Crippen molar-refractivity contribution in [1.29, 1.82) is 0 Å². The molecule has 1 heterocycles. The van der Waals surface area contributed by atoms with E-state index < -0.39 is 13.9 Å². The molecule has 5 nitrogen and oxygen atoms in total. The van der Waals surface area contributed by atoms with Gasteiger partial charge in [-0.05, 0) is 29.8 Å². The zero-order chi connectivity index (χ0) is 20.7. The Hall–Kier alpha value is -1.18. The average Bonchev–Trinajstić information content (AvgIpc) is 3.03. The highest BCUT2D eigenvalue weighted by Gasteiger charge is 2.45. The molecule has 1 aromatic carbocycles. The second-order valence-corrected chi connectivity index (χ2v) is 13.7. The van der Waals surface area contributed by atoms with Crippen LogP contribution in [-0.4, -0.2) is 47.1 Å². The minimum Gasteiger partial charge on any atom is -0.490 e. The van der Waals surface area contributed by atoms with Crippen molar-refractivity contribution in [2.45, 2.75) is 63.6 Å². The number of hydrogen-bond acceptors (Lipinski definition) is 5. The molecule has 1 aliphatic rings. The summed E-state index contributed by atoms with van der Waals surface area (Å²) in [5.74, 6) is 0. The Labute approximate surface area is 171 Å². The van der Waals surface area contributed by atoms with E-state index in [9.17, 15) is 0 Å². The summed E-state index contributed by atoms with van der Waals surface area (Å²) in [5, 5.41) is 0.171. The van der Waals surface area contributed by atoms with Crippen LogP contribution in [0.4, 0.5) is 0 Å². The second-order valence-electron chi connectivity index (χ2n) is 8.84. The molecular weight excluding hydrogens is 372 g/mol. The summed E-state index contributed by atoms with van der Waals surface area (Å²) in [4.78, 5) is 0. The van der Waals surface area contributed by atoms with Gasteiger partial charge in [0.2, 0.25) is 0 Å². The molecule has 2 rings (SSSR count). The van der Waals surface area contributed by atoms with Gasteiger partial charge in [-0.25, -0.2) is 0 Å². The molecule has 1 aromatic rings. The van der Waals surface area contributed by atoms with Gasteiger partial charge in [0, 0.05) is 20.1 Å². The van der Waals surface area contributed by atoms with Crippen LogP contribution < -0.4 is 0 Å². The summed E-state index contributed by atoms with van der Waals surface area (Å²) in [7, 11) is -0.208. The standard InChI is InChI=1S/C22H36O5Si/c1-21(2,3)28(5,6)27-15-13-22(17-24-18-23-4)20(12-14-26-22)25-16-19-10-8-7-9-11-19/h7-12,14,20H,13,15-18H2,1-6H3/t20-,22-/m1/s1. The lowest BCUT2D eigenvalue weighted by Crippen LogP contribution is -2.48. The monoisotopic (exact) mass is 408 g/mol. The van der Waals surface area contributed by atoms with Crippen LogP contribution in [0.25, 0.3) is 0 Å². The molecule has 0 saturated carbocycles. The Morgan fingerprint density at radius 3 is 2.50 bits per heavy atom. The summed E-state index contributed by atoms with van der Waals surface area (Å²) in [5.41, 5.74) is 0.530. The van der Waals surface area contributed by atoms with Gasteiger partial charge in [-0.1, -0.05) is 51.1 Å². The number of methoxy groups -OCH3 is 1. The maximum absolute atomic E-state index is 6.39. The van der Waals surface area contributed by atoms with Crippen molar-refractivity contribution >= 4 is 8.32 Å². The van der Waals surface area contributed by atoms with Crippen molar-refractivity contribution in [2.75, 3.05) is 27.1 Å². The third-order valence-electron chi connectivity index (χ3n) is 5.69. The normalized spacial score (nSPS) is 22.4. The quantitative estimate of drug-likeness (QED) is 0.296. The summed E-state index contributed by atoms with van der Waals surface area (Å²) in [6.45, 7) is 13.0. The van der Waals surface area contributed by atoms with Crippen LogP contribution in [0.5, 0.6) is 0 Å². The summed E-state index contributed by atoms with van der Waals surface area (Å²) in [6.07, 6.45) is 4.17. The van der Waals surface area contributed by atoms with Crippen LogP contribution in [-0.2, 0) is 30.0 Å². The predicted molar refractivity (Wildman–Crippen MR) is 114 cm³/mol. The van der Waals surface area contributed by atoms with Crippen molar-refractivity contribution in [3.05, 3.63) is 48.2 Å². The molecule has 158 valence electrons. The van der Waals surface area contributed by atoms with E-state index in [0.29, 0.717) is 26.2 Å². The first-order chi connectivity index (χ1) is 13.2. The second kappa shape index (κ2) is 10.0. The Balaban J connectivity index is 2.02. The molecule has 0 unspecified atom stereocenters. The molecular formula is C22H36O5Si. The van der Waals surface area contributed by atoms with E-state index in [1.165, 1.54) is 0 Å². The third kappa shape index (κ3) is 6.16. The van der Waals surface area contributed by atoms with Crippen molar-refractivity contribution < 1.29 is 23.4 Å². The van der Waals surface area contributed by atoms with Crippen LogP contribution in [0, 0.1) is 0 Å². The van der Waals surface area contributed by atoms with Crippen molar-refractivity contribution in [3.8, 4) is 0 Å². The van der Waals surface area contributed by atoms with Gasteiger partial charge in [0.1, 0.15) is 12.9 Å². The Morgan fingerprint density at radius 2 is 1.86 bits per heavy atom. The fraction of sp³-hybridized carbons (Fsp3) is 0.636. The average molecular weight is 409 g/mol. The molecule has 6 heteroatoms. The third-order valence-corrected chi connectivity index (χ3v) is 10.2. The van der Waals surface area contributed by atoms with E-state index in [2.05, 4.69) is 46.0 Å². The van der Waals surface area contributed by atoms with E-state index in [1.807, 2.05) is 24.3 Å². The predicted octanol–water partition coefficient (Wildman–Crippen LogP) is 4.89. The van der Waals surface area contributed by atoms with E-state index in [0.717, 1.165) is 5.56 Å². The molecule has 0 radical (unpaired) electrons. The van der Waals surface area contributed by atoms with Crippen molar-refractivity contribution in [1.82, 2.24) is 0 Å². The topological polar surface area (TPSA) is 46.2 Å². The first kappa shape index (κ1) is 23.1. The van der Waals surface area contributed by atoms with E-state index >= 15 is 0 Å². The first-order valence-corrected chi connectivity index (χ1v) is 12.8. The maximum Gasteiger partial charge on any atom is 0.191 e. The number of ether oxygens (including phenoxy) is 4. The minimum absolute atomic E-state index is 0.171. The van der Waals surface area contributed by atoms with Gasteiger partial charge in [-0.2, -0.15) is 0 Å². The number of hydrogen-bond donors (Lipinski definition) is 0. The SMILES string of the molecule is COCOC[C@@]1(CCO[Si](C)(C)C(C)(C)C)OC=C[C@H]1OCc1ccccc1. The van der Waals surface area contributed by atoms with Gasteiger partial charge in [0.25, 0.3) is 0 Å². The molecule has 1 aliphatic heterocycles. The molecule has 0 aromatic heterocycles. The molecule has 0 fully saturated rings. The Bertz CT molecular complexity index is 611.